The number of rotatable bonds is 9. The van der Waals surface area contributed by atoms with Gasteiger partial charge in [-0.2, -0.15) is 12.6 Å². The SMILES string of the molecule is COCCN(CC1(CS)CCCC1)C(C)COC. The van der Waals surface area contributed by atoms with Crippen molar-refractivity contribution in [3.63, 3.8) is 0 Å². The number of ether oxygens (including phenoxy) is 2. The molecule has 0 radical (unpaired) electrons. The first-order chi connectivity index (χ1) is 8.67. The van der Waals surface area contributed by atoms with E-state index in [0.29, 0.717) is 11.5 Å². The fourth-order valence-electron chi connectivity index (χ4n) is 2.93. The smallest absolute Gasteiger partial charge is 0.0615 e. The van der Waals surface area contributed by atoms with Crippen molar-refractivity contribution in [2.24, 2.45) is 5.41 Å². The van der Waals surface area contributed by atoms with E-state index < -0.39 is 0 Å². The lowest BCUT2D eigenvalue weighted by Crippen LogP contribution is -2.45. The highest BCUT2D eigenvalue weighted by molar-refractivity contribution is 7.80. The molecule has 0 aromatic heterocycles. The Kier molecular flexibility index (Phi) is 7.61. The van der Waals surface area contributed by atoms with Crippen molar-refractivity contribution in [1.82, 2.24) is 4.90 Å². The van der Waals surface area contributed by atoms with Gasteiger partial charge in [0.1, 0.15) is 0 Å². The summed E-state index contributed by atoms with van der Waals surface area (Å²) in [5, 5.41) is 0. The molecule has 1 rings (SSSR count). The maximum absolute atomic E-state index is 5.29. The summed E-state index contributed by atoms with van der Waals surface area (Å²) in [5.41, 5.74) is 0.416. The second kappa shape index (κ2) is 8.41. The van der Waals surface area contributed by atoms with E-state index >= 15 is 0 Å². The van der Waals surface area contributed by atoms with Gasteiger partial charge >= 0.3 is 0 Å². The number of hydrogen-bond donors (Lipinski definition) is 1. The Labute approximate surface area is 118 Å². The molecule has 0 saturated heterocycles. The fourth-order valence-corrected chi connectivity index (χ4v) is 3.35. The van der Waals surface area contributed by atoms with Crippen LogP contribution in [0.2, 0.25) is 0 Å². The van der Waals surface area contributed by atoms with Crippen molar-refractivity contribution < 1.29 is 9.47 Å². The third-order valence-corrected chi connectivity index (χ3v) is 4.82. The fraction of sp³-hybridized carbons (Fsp3) is 1.00. The van der Waals surface area contributed by atoms with Crippen molar-refractivity contribution in [3.8, 4) is 0 Å². The van der Waals surface area contributed by atoms with E-state index in [4.69, 9.17) is 9.47 Å². The highest BCUT2D eigenvalue weighted by atomic mass is 32.1. The number of methoxy groups -OCH3 is 2. The molecule has 1 aliphatic rings. The molecule has 0 aromatic rings. The zero-order valence-corrected chi connectivity index (χ0v) is 13.0. The average molecular weight is 275 g/mol. The van der Waals surface area contributed by atoms with Gasteiger partial charge in [0.05, 0.1) is 13.2 Å². The van der Waals surface area contributed by atoms with Crippen molar-refractivity contribution in [2.75, 3.05) is 46.3 Å². The molecule has 108 valence electrons. The van der Waals surface area contributed by atoms with Gasteiger partial charge in [0.15, 0.2) is 0 Å². The van der Waals surface area contributed by atoms with Gasteiger partial charge in [-0.15, -0.1) is 0 Å². The van der Waals surface area contributed by atoms with Crippen LogP contribution in [0.4, 0.5) is 0 Å². The molecule has 0 amide bonds. The summed E-state index contributed by atoms with van der Waals surface area (Å²) in [6, 6.07) is 0.447. The van der Waals surface area contributed by atoms with E-state index in [2.05, 4.69) is 24.5 Å². The van der Waals surface area contributed by atoms with Crippen LogP contribution >= 0.6 is 12.6 Å². The molecule has 1 aliphatic carbocycles. The summed E-state index contributed by atoms with van der Waals surface area (Å²) < 4.78 is 10.5. The van der Waals surface area contributed by atoms with Gasteiger partial charge in [-0.05, 0) is 30.9 Å². The number of hydrogen-bond acceptors (Lipinski definition) is 4. The van der Waals surface area contributed by atoms with Gasteiger partial charge < -0.3 is 9.47 Å². The van der Waals surface area contributed by atoms with Gasteiger partial charge in [-0.25, -0.2) is 0 Å². The van der Waals surface area contributed by atoms with Crippen LogP contribution < -0.4 is 0 Å². The highest BCUT2D eigenvalue weighted by Gasteiger charge is 2.35. The Hall–Kier alpha value is 0.230. The Morgan fingerprint density at radius 3 is 2.39 bits per heavy atom. The van der Waals surface area contributed by atoms with Gasteiger partial charge in [0, 0.05) is 33.4 Å². The van der Waals surface area contributed by atoms with E-state index in [-0.39, 0.29) is 0 Å². The lowest BCUT2D eigenvalue weighted by Gasteiger charge is -2.37. The van der Waals surface area contributed by atoms with Crippen LogP contribution in [0.3, 0.4) is 0 Å². The third-order valence-electron chi connectivity index (χ3n) is 4.15. The molecular formula is C14H29NO2S. The van der Waals surface area contributed by atoms with E-state index in [9.17, 15) is 0 Å². The van der Waals surface area contributed by atoms with Crippen LogP contribution in [0, 0.1) is 5.41 Å². The summed E-state index contributed by atoms with van der Waals surface area (Å²) in [6.45, 7) is 5.92. The minimum atomic E-state index is 0.416. The van der Waals surface area contributed by atoms with Crippen LogP contribution in [0.5, 0.6) is 0 Å². The molecule has 4 heteroatoms. The van der Waals surface area contributed by atoms with Gasteiger partial charge in [-0.1, -0.05) is 12.8 Å². The molecule has 0 bridgehead atoms. The van der Waals surface area contributed by atoms with Crippen LogP contribution in [0.1, 0.15) is 32.6 Å². The van der Waals surface area contributed by atoms with Gasteiger partial charge in [0.25, 0.3) is 0 Å². The molecule has 3 nitrogen and oxygen atoms in total. The topological polar surface area (TPSA) is 21.7 Å². The molecule has 0 aliphatic heterocycles. The second-order valence-electron chi connectivity index (χ2n) is 5.63. The standard InChI is InChI=1S/C14H29NO2S/c1-13(10-17-3)15(8-9-16-2)11-14(12-18)6-4-5-7-14/h13,18H,4-12H2,1-3H3. The molecule has 18 heavy (non-hydrogen) atoms. The summed E-state index contributed by atoms with van der Waals surface area (Å²) in [5.74, 6) is 0.996. The van der Waals surface area contributed by atoms with Crippen molar-refractivity contribution in [1.29, 1.82) is 0 Å². The molecule has 0 spiro atoms. The lowest BCUT2D eigenvalue weighted by atomic mass is 9.87. The van der Waals surface area contributed by atoms with E-state index in [1.807, 2.05) is 0 Å². The largest absolute Gasteiger partial charge is 0.383 e. The van der Waals surface area contributed by atoms with Crippen LogP contribution in [0.25, 0.3) is 0 Å². The predicted octanol–water partition coefficient (Wildman–Crippen LogP) is 2.46. The Bertz CT molecular complexity index is 220. The minimum absolute atomic E-state index is 0.416. The highest BCUT2D eigenvalue weighted by Crippen LogP contribution is 2.40. The summed E-state index contributed by atoms with van der Waals surface area (Å²) in [4.78, 5) is 2.51. The second-order valence-corrected chi connectivity index (χ2v) is 5.95. The zero-order valence-electron chi connectivity index (χ0n) is 12.2. The Morgan fingerprint density at radius 1 is 1.22 bits per heavy atom. The van der Waals surface area contributed by atoms with E-state index in [1.54, 1.807) is 14.2 Å². The molecule has 0 heterocycles. The van der Waals surface area contributed by atoms with Gasteiger partial charge in [0.2, 0.25) is 0 Å². The first-order valence-electron chi connectivity index (χ1n) is 7.00. The van der Waals surface area contributed by atoms with Crippen molar-refractivity contribution in [3.05, 3.63) is 0 Å². The Morgan fingerprint density at radius 2 is 1.89 bits per heavy atom. The molecule has 1 saturated carbocycles. The van der Waals surface area contributed by atoms with Crippen LogP contribution in [-0.4, -0.2) is 57.2 Å². The molecular weight excluding hydrogens is 246 g/mol. The molecule has 1 fully saturated rings. The number of thiol groups is 1. The first kappa shape index (κ1) is 16.3. The zero-order chi connectivity index (χ0) is 13.4. The molecule has 1 unspecified atom stereocenters. The molecule has 0 aromatic carbocycles. The maximum atomic E-state index is 5.29. The van der Waals surface area contributed by atoms with E-state index in [0.717, 1.165) is 32.1 Å². The Balaban J connectivity index is 2.57. The summed E-state index contributed by atoms with van der Waals surface area (Å²) in [7, 11) is 3.54. The molecule has 1 atom stereocenters. The first-order valence-corrected chi connectivity index (χ1v) is 7.63. The average Bonchev–Trinajstić information content (AvgIpc) is 2.84. The monoisotopic (exact) mass is 275 g/mol. The van der Waals surface area contributed by atoms with Gasteiger partial charge in [-0.3, -0.25) is 4.90 Å². The minimum Gasteiger partial charge on any atom is -0.383 e. The van der Waals surface area contributed by atoms with Crippen molar-refractivity contribution in [2.45, 2.75) is 38.6 Å². The quantitative estimate of drug-likeness (QED) is 0.653. The van der Waals surface area contributed by atoms with Crippen molar-refractivity contribution >= 4 is 12.6 Å². The number of nitrogens with zero attached hydrogens (tertiary/aromatic N) is 1. The predicted molar refractivity (Wildman–Crippen MR) is 79.5 cm³/mol. The van der Waals surface area contributed by atoms with Crippen LogP contribution in [-0.2, 0) is 9.47 Å². The normalized spacial score (nSPS) is 20.5. The maximum Gasteiger partial charge on any atom is 0.0615 e. The van der Waals surface area contributed by atoms with E-state index in [1.165, 1.54) is 25.7 Å². The lowest BCUT2D eigenvalue weighted by molar-refractivity contribution is 0.0497. The van der Waals surface area contributed by atoms with Crippen LogP contribution in [0.15, 0.2) is 0 Å². The summed E-state index contributed by atoms with van der Waals surface area (Å²) >= 11 is 4.60. The summed E-state index contributed by atoms with van der Waals surface area (Å²) in [6.07, 6.45) is 5.36. The molecule has 0 N–H and O–H groups in total. The third kappa shape index (κ3) is 4.72.